The Kier molecular flexibility index (Phi) is 6.09. The summed E-state index contributed by atoms with van der Waals surface area (Å²) in [5.74, 6) is -0.0946. The monoisotopic (exact) mass is 503 g/mol. The maximum absolute atomic E-state index is 14.0. The molecule has 0 saturated carbocycles. The fourth-order valence-electron chi connectivity index (χ4n) is 4.76. The fraction of sp³-hybridized carbons (Fsp3) is 0.259. The number of allylic oxidation sites excluding steroid dienone is 1. The average molecular weight is 504 g/mol. The van der Waals surface area contributed by atoms with Crippen LogP contribution in [0.3, 0.4) is 0 Å². The minimum atomic E-state index is -0.755. The Labute approximate surface area is 211 Å². The van der Waals surface area contributed by atoms with E-state index in [1.807, 2.05) is 43.3 Å². The summed E-state index contributed by atoms with van der Waals surface area (Å²) in [5, 5.41) is 0. The van der Waals surface area contributed by atoms with Gasteiger partial charge in [0.2, 0.25) is 0 Å². The van der Waals surface area contributed by atoms with Crippen molar-refractivity contribution in [3.05, 3.63) is 90.6 Å². The van der Waals surface area contributed by atoms with Crippen LogP contribution in [0.25, 0.3) is 5.57 Å². The lowest BCUT2D eigenvalue weighted by atomic mass is 9.96. The molecule has 0 radical (unpaired) electrons. The number of thiazole rings is 1. The van der Waals surface area contributed by atoms with Gasteiger partial charge in [0.1, 0.15) is 10.3 Å². The number of likely N-dealkylation sites (N-methyl/N-ethyl adjacent to an activating group) is 1. The van der Waals surface area contributed by atoms with E-state index in [9.17, 15) is 14.4 Å². The predicted molar refractivity (Wildman–Crippen MR) is 137 cm³/mol. The van der Waals surface area contributed by atoms with Gasteiger partial charge in [-0.3, -0.25) is 14.2 Å². The second kappa shape index (κ2) is 9.23. The minimum Gasteiger partial charge on any atom is -0.497 e. The Hall–Kier alpha value is -3.98. The van der Waals surface area contributed by atoms with Crippen molar-refractivity contribution in [3.63, 3.8) is 0 Å². The van der Waals surface area contributed by atoms with Crippen LogP contribution in [-0.4, -0.2) is 36.7 Å². The molecule has 8 nitrogen and oxygen atoms in total. The average Bonchev–Trinajstić information content (AvgIpc) is 3.35. The van der Waals surface area contributed by atoms with Crippen molar-refractivity contribution in [1.82, 2.24) is 4.57 Å². The zero-order valence-electron chi connectivity index (χ0n) is 20.4. The largest absolute Gasteiger partial charge is 0.497 e. The molecule has 0 spiro atoms. The summed E-state index contributed by atoms with van der Waals surface area (Å²) < 4.78 is 12.4. The number of nitrogens with zero attached hydrogens (tertiary/aromatic N) is 3. The maximum Gasteiger partial charge on any atom is 0.338 e. The quantitative estimate of drug-likeness (QED) is 0.499. The van der Waals surface area contributed by atoms with Crippen LogP contribution in [0.5, 0.6) is 5.75 Å². The fourth-order valence-corrected chi connectivity index (χ4v) is 5.89. The van der Waals surface area contributed by atoms with E-state index in [1.165, 1.54) is 4.57 Å². The molecular formula is C27H25N3O5S. The molecule has 9 heteroatoms. The van der Waals surface area contributed by atoms with E-state index < -0.39 is 12.0 Å². The number of methoxy groups -OCH3 is 1. The zero-order valence-corrected chi connectivity index (χ0v) is 21.2. The number of benzene rings is 2. The normalized spacial score (nSPS) is 18.1. The van der Waals surface area contributed by atoms with E-state index in [2.05, 4.69) is 4.99 Å². The molecule has 3 aromatic rings. The van der Waals surface area contributed by atoms with Gasteiger partial charge in [-0.2, -0.15) is 0 Å². The van der Waals surface area contributed by atoms with Crippen molar-refractivity contribution >= 4 is 34.5 Å². The summed E-state index contributed by atoms with van der Waals surface area (Å²) in [6, 6.07) is 13.9. The van der Waals surface area contributed by atoms with Gasteiger partial charge in [-0.05, 0) is 44.5 Å². The molecule has 0 N–H and O–H groups in total. The molecule has 2 aliphatic heterocycles. The van der Waals surface area contributed by atoms with Crippen LogP contribution < -0.4 is 24.5 Å². The summed E-state index contributed by atoms with van der Waals surface area (Å²) in [6.45, 7) is 6.04. The minimum absolute atomic E-state index is 0.192. The maximum atomic E-state index is 14.0. The van der Waals surface area contributed by atoms with E-state index in [-0.39, 0.29) is 18.1 Å². The highest BCUT2D eigenvalue weighted by atomic mass is 32.1. The van der Waals surface area contributed by atoms with Crippen molar-refractivity contribution < 1.29 is 19.1 Å². The molecule has 0 fully saturated rings. The zero-order chi connectivity index (χ0) is 25.6. The highest BCUT2D eigenvalue weighted by molar-refractivity contribution is 7.07. The van der Waals surface area contributed by atoms with Gasteiger partial charge in [-0.1, -0.05) is 41.7 Å². The number of fused-ring (bicyclic) bond motifs is 2. The molecule has 2 aromatic carbocycles. The van der Waals surface area contributed by atoms with Gasteiger partial charge in [0.15, 0.2) is 4.80 Å². The van der Waals surface area contributed by atoms with Gasteiger partial charge in [-0.15, -0.1) is 0 Å². The van der Waals surface area contributed by atoms with Gasteiger partial charge >= 0.3 is 5.97 Å². The van der Waals surface area contributed by atoms with E-state index in [4.69, 9.17) is 9.47 Å². The number of hydrogen-bond donors (Lipinski definition) is 0. The highest BCUT2D eigenvalue weighted by Gasteiger charge is 2.36. The molecular weight excluding hydrogens is 478 g/mol. The van der Waals surface area contributed by atoms with Crippen molar-refractivity contribution in [3.8, 4) is 5.75 Å². The number of aromatic nitrogens is 1. The predicted octanol–water partition coefficient (Wildman–Crippen LogP) is 2.54. The van der Waals surface area contributed by atoms with E-state index >= 15 is 0 Å². The van der Waals surface area contributed by atoms with Crippen LogP contribution in [-0.2, 0) is 14.3 Å². The molecule has 5 rings (SSSR count). The number of esters is 1. The Balaban J connectivity index is 1.81. The van der Waals surface area contributed by atoms with Gasteiger partial charge < -0.3 is 14.4 Å². The summed E-state index contributed by atoms with van der Waals surface area (Å²) in [7, 11) is 1.57. The lowest BCUT2D eigenvalue weighted by Crippen LogP contribution is -2.41. The Morgan fingerprint density at radius 2 is 1.81 bits per heavy atom. The van der Waals surface area contributed by atoms with Crippen molar-refractivity contribution in [2.75, 3.05) is 25.2 Å². The van der Waals surface area contributed by atoms with Crippen molar-refractivity contribution in [1.29, 1.82) is 0 Å². The van der Waals surface area contributed by atoms with E-state index in [0.29, 0.717) is 44.0 Å². The Morgan fingerprint density at radius 3 is 2.47 bits per heavy atom. The molecule has 0 saturated heterocycles. The lowest BCUT2D eigenvalue weighted by Gasteiger charge is -2.24. The molecule has 3 heterocycles. The molecule has 0 aliphatic carbocycles. The molecule has 1 atom stereocenters. The van der Waals surface area contributed by atoms with Crippen LogP contribution in [0, 0.1) is 0 Å². The van der Waals surface area contributed by atoms with Gasteiger partial charge in [0.25, 0.3) is 11.5 Å². The lowest BCUT2D eigenvalue weighted by molar-refractivity contribution is -0.139. The van der Waals surface area contributed by atoms with Crippen molar-refractivity contribution in [2.24, 2.45) is 4.99 Å². The first kappa shape index (κ1) is 23.7. The number of ether oxygens (including phenoxy) is 2. The smallest absolute Gasteiger partial charge is 0.338 e. The van der Waals surface area contributed by atoms with Crippen LogP contribution >= 0.6 is 11.3 Å². The number of carbonyl (C=O) groups is 2. The number of para-hydroxylation sites is 1. The second-order valence-corrected chi connectivity index (χ2v) is 9.32. The first-order valence-corrected chi connectivity index (χ1v) is 12.5. The molecule has 0 bridgehead atoms. The third kappa shape index (κ3) is 3.58. The number of hydrogen-bond acceptors (Lipinski definition) is 7. The second-order valence-electron chi connectivity index (χ2n) is 8.34. The van der Waals surface area contributed by atoms with Crippen LogP contribution in [0.2, 0.25) is 0 Å². The number of rotatable bonds is 5. The van der Waals surface area contributed by atoms with Gasteiger partial charge in [0, 0.05) is 12.1 Å². The van der Waals surface area contributed by atoms with Gasteiger partial charge in [-0.25, -0.2) is 9.79 Å². The molecule has 2 aliphatic rings. The molecule has 1 unspecified atom stereocenters. The SMILES string of the molecule is CCOC(=O)C1=C(C)N=c2sc(=C3C(=O)N(CC)c4ccccc43)c(=O)n2C1c1ccc(OC)cc1. The molecule has 1 aromatic heterocycles. The van der Waals surface area contributed by atoms with Crippen LogP contribution in [0.4, 0.5) is 5.69 Å². The number of anilines is 1. The van der Waals surface area contributed by atoms with E-state index in [1.54, 1.807) is 38.0 Å². The molecule has 1 amide bonds. The molecule has 36 heavy (non-hydrogen) atoms. The summed E-state index contributed by atoms with van der Waals surface area (Å²) in [5.41, 5.74) is 2.96. The Bertz CT molecular complexity index is 1600. The highest BCUT2D eigenvalue weighted by Crippen LogP contribution is 2.35. The summed E-state index contributed by atoms with van der Waals surface area (Å²) in [6.07, 6.45) is 0. The summed E-state index contributed by atoms with van der Waals surface area (Å²) >= 11 is 1.16. The van der Waals surface area contributed by atoms with Crippen molar-refractivity contribution in [2.45, 2.75) is 26.8 Å². The standard InChI is InChI=1S/C27H25N3O5S/c1-5-29-19-10-8-7-9-18(19)21(24(29)31)23-25(32)30-22(16-11-13-17(34-4)14-12-16)20(26(33)35-6-2)15(3)28-27(30)36-23/h7-14,22H,5-6H2,1-4H3. The van der Waals surface area contributed by atoms with Crippen LogP contribution in [0.15, 0.2) is 69.6 Å². The van der Waals surface area contributed by atoms with Crippen LogP contribution in [0.1, 0.15) is 37.9 Å². The topological polar surface area (TPSA) is 90.2 Å². The number of carbonyl (C=O) groups excluding carboxylic acids is 2. The van der Waals surface area contributed by atoms with E-state index in [0.717, 1.165) is 22.6 Å². The third-order valence-electron chi connectivity index (χ3n) is 6.39. The van der Waals surface area contributed by atoms with Gasteiger partial charge in [0.05, 0.1) is 42.3 Å². The molecule has 184 valence electrons. The first-order chi connectivity index (χ1) is 17.4. The Morgan fingerprint density at radius 1 is 1.08 bits per heavy atom. The number of amides is 1. The third-order valence-corrected chi connectivity index (χ3v) is 7.44. The summed E-state index contributed by atoms with van der Waals surface area (Å²) in [4.78, 5) is 47.2. The first-order valence-electron chi connectivity index (χ1n) is 11.7.